The lowest BCUT2D eigenvalue weighted by molar-refractivity contribution is 0.0109. The van der Waals surface area contributed by atoms with Gasteiger partial charge in [-0.2, -0.15) is 0 Å². The third-order valence-corrected chi connectivity index (χ3v) is 6.38. The number of methoxy groups -OCH3 is 1. The summed E-state index contributed by atoms with van der Waals surface area (Å²) in [6.07, 6.45) is 8.12. The van der Waals surface area contributed by atoms with Crippen LogP contribution in [0, 0.1) is 17.8 Å². The maximum Gasteiger partial charge on any atom is 0.118 e. The molecule has 4 nitrogen and oxygen atoms in total. The number of aliphatic hydroxyl groups is 2. The Bertz CT molecular complexity index is 625. The van der Waals surface area contributed by atoms with Crippen LogP contribution in [0.5, 0.6) is 5.75 Å². The molecule has 1 fully saturated rings. The second kappa shape index (κ2) is 9.22. The molecule has 0 bridgehead atoms. The maximum absolute atomic E-state index is 11.0. The molecule has 0 spiro atoms. The van der Waals surface area contributed by atoms with Gasteiger partial charge in [0.1, 0.15) is 5.75 Å². The van der Waals surface area contributed by atoms with Gasteiger partial charge in [0.25, 0.3) is 0 Å². The lowest BCUT2D eigenvalue weighted by Gasteiger charge is -2.27. The number of nitrogens with zero attached hydrogens (tertiary/aromatic N) is 1. The van der Waals surface area contributed by atoms with Gasteiger partial charge in [0, 0.05) is 5.92 Å². The van der Waals surface area contributed by atoms with E-state index < -0.39 is 12.2 Å². The molecular formula is C23H35NO3. The maximum atomic E-state index is 11.0. The van der Waals surface area contributed by atoms with Crippen LogP contribution in [0.4, 0.5) is 0 Å². The van der Waals surface area contributed by atoms with E-state index in [4.69, 9.17) is 4.74 Å². The van der Waals surface area contributed by atoms with Crippen molar-refractivity contribution in [2.75, 3.05) is 27.7 Å². The monoisotopic (exact) mass is 373 g/mol. The Morgan fingerprint density at radius 3 is 2.56 bits per heavy atom. The largest absolute Gasteiger partial charge is 0.497 e. The molecule has 0 aromatic heterocycles. The van der Waals surface area contributed by atoms with Gasteiger partial charge in [-0.3, -0.25) is 0 Å². The summed E-state index contributed by atoms with van der Waals surface area (Å²) < 4.78 is 5.20. The topological polar surface area (TPSA) is 52.9 Å². The van der Waals surface area contributed by atoms with Crippen molar-refractivity contribution in [3.63, 3.8) is 0 Å². The van der Waals surface area contributed by atoms with Crippen LogP contribution >= 0.6 is 0 Å². The van der Waals surface area contributed by atoms with E-state index in [2.05, 4.69) is 25.1 Å². The molecule has 0 heterocycles. The molecule has 3 rings (SSSR count). The van der Waals surface area contributed by atoms with Gasteiger partial charge in [-0.25, -0.2) is 0 Å². The van der Waals surface area contributed by atoms with E-state index in [9.17, 15) is 10.2 Å². The average molecular weight is 374 g/mol. The first-order chi connectivity index (χ1) is 13.0. The molecule has 0 unspecified atom stereocenters. The second-order valence-corrected chi connectivity index (χ2v) is 8.57. The van der Waals surface area contributed by atoms with Crippen molar-refractivity contribution in [1.82, 2.24) is 4.90 Å². The van der Waals surface area contributed by atoms with Crippen LogP contribution in [0.25, 0.3) is 0 Å². The number of aliphatic hydroxyl groups excluding tert-OH is 2. The highest BCUT2D eigenvalue weighted by molar-refractivity contribution is 5.30. The van der Waals surface area contributed by atoms with Crippen molar-refractivity contribution >= 4 is 0 Å². The minimum atomic E-state index is -0.617. The van der Waals surface area contributed by atoms with Gasteiger partial charge in [0.15, 0.2) is 0 Å². The third kappa shape index (κ3) is 4.92. The Labute approximate surface area is 163 Å². The zero-order chi connectivity index (χ0) is 19.4. The molecule has 150 valence electrons. The zero-order valence-electron chi connectivity index (χ0n) is 17.0. The average Bonchev–Trinajstić information content (AvgIpc) is 3.16. The summed E-state index contributed by atoms with van der Waals surface area (Å²) in [4.78, 5) is 2.24. The molecule has 5 atom stereocenters. The quantitative estimate of drug-likeness (QED) is 0.511. The van der Waals surface area contributed by atoms with Crippen molar-refractivity contribution in [2.45, 2.75) is 50.7 Å². The molecule has 1 aromatic carbocycles. The van der Waals surface area contributed by atoms with Crippen LogP contribution in [0.3, 0.4) is 0 Å². The van der Waals surface area contributed by atoms with Crippen LogP contribution in [0.1, 0.15) is 50.2 Å². The first kappa shape index (κ1) is 20.4. The van der Waals surface area contributed by atoms with E-state index in [1.165, 1.54) is 31.3 Å². The highest BCUT2D eigenvalue weighted by Crippen LogP contribution is 2.51. The summed E-state index contributed by atoms with van der Waals surface area (Å²) in [5.41, 5.74) is 2.41. The highest BCUT2D eigenvalue weighted by Gasteiger charge is 2.47. The molecule has 2 aliphatic carbocycles. The highest BCUT2D eigenvalue weighted by atomic mass is 16.5. The Balaban J connectivity index is 1.55. The summed E-state index contributed by atoms with van der Waals surface area (Å²) in [6, 6.07) is 7.59. The van der Waals surface area contributed by atoms with Crippen molar-refractivity contribution < 1.29 is 14.9 Å². The summed E-state index contributed by atoms with van der Waals surface area (Å²) in [5, 5.41) is 21.6. The molecule has 1 aromatic rings. The normalized spacial score (nSPS) is 28.3. The van der Waals surface area contributed by atoms with Crippen molar-refractivity contribution in [1.29, 1.82) is 0 Å². The molecule has 2 aliphatic rings. The number of rotatable bonds is 9. The van der Waals surface area contributed by atoms with Crippen molar-refractivity contribution in [3.05, 3.63) is 41.5 Å². The van der Waals surface area contributed by atoms with Gasteiger partial charge in [0.2, 0.25) is 0 Å². The lowest BCUT2D eigenvalue weighted by atomic mass is 9.82. The summed E-state index contributed by atoms with van der Waals surface area (Å²) in [6.45, 7) is 1.16. The number of hydrogen-bond acceptors (Lipinski definition) is 4. The molecule has 27 heavy (non-hydrogen) atoms. The first-order valence-corrected chi connectivity index (χ1v) is 10.3. The van der Waals surface area contributed by atoms with Crippen LogP contribution in [-0.2, 0) is 0 Å². The van der Waals surface area contributed by atoms with Crippen LogP contribution in [0.2, 0.25) is 0 Å². The summed E-state index contributed by atoms with van der Waals surface area (Å²) in [7, 11) is 5.89. The zero-order valence-corrected chi connectivity index (χ0v) is 17.0. The van der Waals surface area contributed by atoms with Crippen molar-refractivity contribution in [2.24, 2.45) is 17.8 Å². The fourth-order valence-corrected chi connectivity index (χ4v) is 4.94. The molecule has 2 N–H and O–H groups in total. The van der Waals surface area contributed by atoms with Crippen LogP contribution in [-0.4, -0.2) is 49.0 Å². The van der Waals surface area contributed by atoms with E-state index in [1.807, 2.05) is 24.3 Å². The molecule has 1 saturated carbocycles. The number of hydrogen-bond donors (Lipinski definition) is 2. The number of unbranched alkanes of at least 4 members (excludes halogenated alkanes) is 2. The molecule has 0 radical (unpaired) electrons. The van der Waals surface area contributed by atoms with E-state index in [-0.39, 0.29) is 5.92 Å². The minimum absolute atomic E-state index is 0.0779. The van der Waals surface area contributed by atoms with E-state index in [1.54, 1.807) is 7.11 Å². The molecule has 4 heteroatoms. The smallest absolute Gasteiger partial charge is 0.118 e. The first-order valence-electron chi connectivity index (χ1n) is 10.3. The van der Waals surface area contributed by atoms with Crippen LogP contribution in [0.15, 0.2) is 35.9 Å². The van der Waals surface area contributed by atoms with Gasteiger partial charge in [-0.05, 0) is 82.3 Å². The van der Waals surface area contributed by atoms with Gasteiger partial charge < -0.3 is 19.8 Å². The standard InChI is InChI=1S/C23H35NO3/c1-24(2)12-6-4-5-7-16-13-18-15-21(25)22(20(18)14-16)23(26)17-8-10-19(27-3)11-9-17/h8-11,13,18,20-23,25-26H,4-7,12,14-15H2,1-3H3/t18-,20-,21+,22+,23-/m0/s1. The van der Waals surface area contributed by atoms with E-state index >= 15 is 0 Å². The fraction of sp³-hybridized carbons (Fsp3) is 0.652. The van der Waals surface area contributed by atoms with Gasteiger partial charge in [-0.15, -0.1) is 0 Å². The molecule has 0 aliphatic heterocycles. The SMILES string of the molecule is COc1ccc([C@H](O)[C@@H]2[C@H]3CC(CCCCCN(C)C)=C[C@H]3C[C@H]2O)cc1. The van der Waals surface area contributed by atoms with Crippen LogP contribution < -0.4 is 4.74 Å². The second-order valence-electron chi connectivity index (χ2n) is 8.57. The van der Waals surface area contributed by atoms with Gasteiger partial charge in [0.05, 0.1) is 19.3 Å². The lowest BCUT2D eigenvalue weighted by Crippen LogP contribution is -2.26. The summed E-state index contributed by atoms with van der Waals surface area (Å²) >= 11 is 0. The van der Waals surface area contributed by atoms with Gasteiger partial charge in [-0.1, -0.05) is 30.2 Å². The molecule has 0 amide bonds. The summed E-state index contributed by atoms with van der Waals surface area (Å²) in [5.74, 6) is 1.50. The number of benzene rings is 1. The Hall–Kier alpha value is -1.36. The Kier molecular flexibility index (Phi) is 6.96. The van der Waals surface area contributed by atoms with E-state index in [0.29, 0.717) is 11.8 Å². The minimum Gasteiger partial charge on any atom is -0.497 e. The molecule has 0 saturated heterocycles. The predicted octanol–water partition coefficient (Wildman–Crippen LogP) is 3.79. The number of fused-ring (bicyclic) bond motifs is 1. The number of ether oxygens (including phenoxy) is 1. The predicted molar refractivity (Wildman–Crippen MR) is 109 cm³/mol. The Morgan fingerprint density at radius 2 is 1.89 bits per heavy atom. The Morgan fingerprint density at radius 1 is 1.15 bits per heavy atom. The van der Waals surface area contributed by atoms with Gasteiger partial charge >= 0.3 is 0 Å². The van der Waals surface area contributed by atoms with E-state index in [0.717, 1.165) is 30.7 Å². The third-order valence-electron chi connectivity index (χ3n) is 6.38. The fourth-order valence-electron chi connectivity index (χ4n) is 4.94. The van der Waals surface area contributed by atoms with Crippen molar-refractivity contribution in [3.8, 4) is 5.75 Å². The molecular weight excluding hydrogens is 338 g/mol. The number of allylic oxidation sites excluding steroid dienone is 2.